The zero-order valence-corrected chi connectivity index (χ0v) is 18.6. The summed E-state index contributed by atoms with van der Waals surface area (Å²) in [6.07, 6.45) is 1.84. The van der Waals surface area contributed by atoms with Crippen molar-refractivity contribution in [1.29, 1.82) is 0 Å². The van der Waals surface area contributed by atoms with E-state index in [-0.39, 0.29) is 17.7 Å². The summed E-state index contributed by atoms with van der Waals surface area (Å²) in [7, 11) is 3.28. The number of methoxy groups -OCH3 is 2. The predicted molar refractivity (Wildman–Crippen MR) is 118 cm³/mol. The molecule has 0 bridgehead atoms. The average Bonchev–Trinajstić information content (AvgIpc) is 3.47. The molecular weight excluding hydrogens is 414 g/mol. The van der Waals surface area contributed by atoms with Gasteiger partial charge in [-0.15, -0.1) is 5.10 Å². The lowest BCUT2D eigenvalue weighted by Gasteiger charge is -2.26. The number of rotatable bonds is 7. The van der Waals surface area contributed by atoms with Crippen LogP contribution in [-0.2, 0) is 4.79 Å². The monoisotopic (exact) mass is 439 g/mol. The summed E-state index contributed by atoms with van der Waals surface area (Å²) in [6, 6.07) is 13.6. The van der Waals surface area contributed by atoms with Crippen LogP contribution in [0.25, 0.3) is 5.69 Å². The van der Waals surface area contributed by atoms with E-state index in [1.165, 1.54) is 11.8 Å². The minimum absolute atomic E-state index is 0.0359. The summed E-state index contributed by atoms with van der Waals surface area (Å²) < 4.78 is 12.6. The number of ether oxygens (including phenoxy) is 2. The molecule has 1 aliphatic heterocycles. The number of amides is 1. The Morgan fingerprint density at radius 1 is 1.16 bits per heavy atom. The number of aryl methyl sites for hydroxylation is 1. The van der Waals surface area contributed by atoms with E-state index in [9.17, 15) is 4.79 Å². The fraction of sp³-hybridized carbons (Fsp3) is 0.364. The molecular formula is C22H25N5O3S. The molecule has 162 valence electrons. The van der Waals surface area contributed by atoms with Crippen molar-refractivity contribution in [2.24, 2.45) is 0 Å². The molecule has 1 aromatic heterocycles. The van der Waals surface area contributed by atoms with E-state index in [1.54, 1.807) is 18.9 Å². The van der Waals surface area contributed by atoms with Gasteiger partial charge in [0.15, 0.2) is 0 Å². The summed E-state index contributed by atoms with van der Waals surface area (Å²) in [5, 5.41) is 12.6. The number of hydrogen-bond donors (Lipinski definition) is 0. The summed E-state index contributed by atoms with van der Waals surface area (Å²) in [5.74, 6) is 1.83. The van der Waals surface area contributed by atoms with Gasteiger partial charge in [-0.1, -0.05) is 29.5 Å². The zero-order chi connectivity index (χ0) is 21.8. The number of likely N-dealkylation sites (tertiary alicyclic amines) is 1. The van der Waals surface area contributed by atoms with Crippen molar-refractivity contribution in [2.45, 2.75) is 31.0 Å². The van der Waals surface area contributed by atoms with Crippen LogP contribution in [-0.4, -0.2) is 57.5 Å². The Hall–Kier alpha value is -3.07. The molecule has 4 rings (SSSR count). The van der Waals surface area contributed by atoms with E-state index in [2.05, 4.69) is 15.5 Å². The molecule has 0 radical (unpaired) electrons. The van der Waals surface area contributed by atoms with Gasteiger partial charge in [0.25, 0.3) is 0 Å². The molecule has 31 heavy (non-hydrogen) atoms. The zero-order valence-electron chi connectivity index (χ0n) is 17.8. The molecule has 0 unspecified atom stereocenters. The highest BCUT2D eigenvalue weighted by Crippen LogP contribution is 2.39. The SMILES string of the molecule is COc1ccc(OC)c([C@@H]2CCCN2C(=O)CSc2nnnn2-c2ccc(C)cc2)c1. The van der Waals surface area contributed by atoms with Crippen molar-refractivity contribution in [3.8, 4) is 17.2 Å². The lowest BCUT2D eigenvalue weighted by molar-refractivity contribution is -0.129. The van der Waals surface area contributed by atoms with E-state index < -0.39 is 0 Å². The van der Waals surface area contributed by atoms with Gasteiger partial charge in [0.2, 0.25) is 11.1 Å². The molecule has 1 aliphatic rings. The molecule has 3 aromatic rings. The van der Waals surface area contributed by atoms with Crippen LogP contribution in [0.15, 0.2) is 47.6 Å². The van der Waals surface area contributed by atoms with Crippen LogP contribution in [0.2, 0.25) is 0 Å². The second-order valence-corrected chi connectivity index (χ2v) is 8.29. The number of aromatic nitrogens is 4. The van der Waals surface area contributed by atoms with E-state index in [1.807, 2.05) is 54.3 Å². The largest absolute Gasteiger partial charge is 0.497 e. The third-order valence-corrected chi connectivity index (χ3v) is 6.32. The highest BCUT2D eigenvalue weighted by atomic mass is 32.2. The van der Waals surface area contributed by atoms with E-state index >= 15 is 0 Å². The topological polar surface area (TPSA) is 82.4 Å². The molecule has 0 spiro atoms. The van der Waals surface area contributed by atoms with Crippen LogP contribution in [0, 0.1) is 6.92 Å². The summed E-state index contributed by atoms with van der Waals surface area (Å²) >= 11 is 1.34. The fourth-order valence-corrected chi connectivity index (χ4v) is 4.59. The average molecular weight is 440 g/mol. The maximum Gasteiger partial charge on any atom is 0.233 e. The normalized spacial score (nSPS) is 15.8. The number of carbonyl (C=O) groups is 1. The van der Waals surface area contributed by atoms with Gasteiger partial charge in [-0.05, 0) is 60.5 Å². The minimum atomic E-state index is -0.0359. The molecule has 8 nitrogen and oxygen atoms in total. The quantitative estimate of drug-likeness (QED) is 0.522. The van der Waals surface area contributed by atoms with Gasteiger partial charge >= 0.3 is 0 Å². The number of tetrazole rings is 1. The Labute approximate surface area is 185 Å². The summed E-state index contributed by atoms with van der Waals surface area (Å²) in [5.41, 5.74) is 3.00. The van der Waals surface area contributed by atoms with Gasteiger partial charge in [-0.25, -0.2) is 0 Å². The standard InChI is InChI=1S/C22H25N5O3S/c1-15-6-8-16(9-7-15)27-22(23-24-25-27)31-14-21(28)26-12-4-5-19(26)18-13-17(29-2)10-11-20(18)30-3/h6-11,13,19H,4-5,12,14H2,1-3H3/t19-/m0/s1. The second kappa shape index (κ2) is 9.38. The first-order chi connectivity index (χ1) is 15.1. The summed E-state index contributed by atoms with van der Waals surface area (Å²) in [4.78, 5) is 15.0. The van der Waals surface area contributed by atoms with Gasteiger partial charge in [0.1, 0.15) is 11.5 Å². The molecule has 9 heteroatoms. The fourth-order valence-electron chi connectivity index (χ4n) is 3.81. The van der Waals surface area contributed by atoms with Gasteiger partial charge in [-0.3, -0.25) is 4.79 Å². The van der Waals surface area contributed by atoms with Crippen LogP contribution in [0.4, 0.5) is 0 Å². The maximum atomic E-state index is 13.1. The van der Waals surface area contributed by atoms with Gasteiger partial charge < -0.3 is 14.4 Å². The van der Waals surface area contributed by atoms with Crippen LogP contribution in [0.3, 0.4) is 0 Å². The summed E-state index contributed by atoms with van der Waals surface area (Å²) in [6.45, 7) is 2.74. The first-order valence-corrected chi connectivity index (χ1v) is 11.1. The lowest BCUT2D eigenvalue weighted by Crippen LogP contribution is -2.32. The van der Waals surface area contributed by atoms with Crippen molar-refractivity contribution < 1.29 is 14.3 Å². The Kier molecular flexibility index (Phi) is 6.41. The number of hydrogen-bond acceptors (Lipinski definition) is 7. The molecule has 1 amide bonds. The Balaban J connectivity index is 1.48. The molecule has 0 saturated carbocycles. The molecule has 2 heterocycles. The van der Waals surface area contributed by atoms with E-state index in [4.69, 9.17) is 9.47 Å². The van der Waals surface area contributed by atoms with Crippen LogP contribution < -0.4 is 9.47 Å². The van der Waals surface area contributed by atoms with Crippen molar-refractivity contribution in [1.82, 2.24) is 25.1 Å². The van der Waals surface area contributed by atoms with E-state index in [0.717, 1.165) is 41.2 Å². The third kappa shape index (κ3) is 4.51. The first-order valence-electron chi connectivity index (χ1n) is 10.1. The number of benzene rings is 2. The second-order valence-electron chi connectivity index (χ2n) is 7.35. The number of nitrogens with zero attached hydrogens (tertiary/aromatic N) is 5. The lowest BCUT2D eigenvalue weighted by atomic mass is 10.0. The van der Waals surface area contributed by atoms with E-state index in [0.29, 0.717) is 11.7 Å². The molecule has 1 atom stereocenters. The number of carbonyl (C=O) groups excluding carboxylic acids is 1. The van der Waals surface area contributed by atoms with Crippen molar-refractivity contribution in [3.63, 3.8) is 0 Å². The van der Waals surface area contributed by atoms with Gasteiger partial charge in [0, 0.05) is 12.1 Å². The van der Waals surface area contributed by atoms with Crippen LogP contribution >= 0.6 is 11.8 Å². The molecule has 0 aliphatic carbocycles. The highest BCUT2D eigenvalue weighted by Gasteiger charge is 2.32. The Morgan fingerprint density at radius 2 is 1.97 bits per heavy atom. The third-order valence-electron chi connectivity index (χ3n) is 5.41. The van der Waals surface area contributed by atoms with Crippen LogP contribution in [0.1, 0.15) is 30.0 Å². The Bertz CT molecular complexity index is 1050. The predicted octanol–water partition coefficient (Wildman–Crippen LogP) is 3.44. The molecule has 2 aromatic carbocycles. The Morgan fingerprint density at radius 3 is 2.71 bits per heavy atom. The first kappa shape index (κ1) is 21.2. The van der Waals surface area contributed by atoms with Crippen molar-refractivity contribution >= 4 is 17.7 Å². The maximum absolute atomic E-state index is 13.1. The molecule has 1 saturated heterocycles. The minimum Gasteiger partial charge on any atom is -0.497 e. The van der Waals surface area contributed by atoms with Crippen LogP contribution in [0.5, 0.6) is 11.5 Å². The van der Waals surface area contributed by atoms with Gasteiger partial charge in [0.05, 0.1) is 31.7 Å². The highest BCUT2D eigenvalue weighted by molar-refractivity contribution is 7.99. The van der Waals surface area contributed by atoms with Crippen molar-refractivity contribution in [3.05, 3.63) is 53.6 Å². The molecule has 1 fully saturated rings. The van der Waals surface area contributed by atoms with Crippen molar-refractivity contribution in [2.75, 3.05) is 26.5 Å². The number of thioether (sulfide) groups is 1. The van der Waals surface area contributed by atoms with Gasteiger partial charge in [-0.2, -0.15) is 4.68 Å². The smallest absolute Gasteiger partial charge is 0.233 e. The molecule has 0 N–H and O–H groups in total.